The number of carbonyl (C=O) groups is 3. The number of imide groups is 1. The minimum Gasteiger partial charge on any atom is -0.484 e. The van der Waals surface area contributed by atoms with Crippen LogP contribution in [0.5, 0.6) is 5.75 Å². The number of anilines is 1. The van der Waals surface area contributed by atoms with E-state index >= 15 is 0 Å². The number of hydrogen-bond acceptors (Lipinski definition) is 6. The summed E-state index contributed by atoms with van der Waals surface area (Å²) in [7, 11) is -3.93. The first-order valence-electron chi connectivity index (χ1n) is 11.2. The van der Waals surface area contributed by atoms with Crippen LogP contribution < -0.4 is 14.8 Å². The lowest BCUT2D eigenvalue weighted by atomic mass is 10.1. The minimum absolute atomic E-state index is 0.110. The fourth-order valence-electron chi connectivity index (χ4n) is 3.92. The van der Waals surface area contributed by atoms with Gasteiger partial charge in [0.05, 0.1) is 17.0 Å². The Morgan fingerprint density at radius 1 is 1.00 bits per heavy atom. The van der Waals surface area contributed by atoms with Gasteiger partial charge in [0.2, 0.25) is 15.9 Å². The Morgan fingerprint density at radius 2 is 1.64 bits per heavy atom. The molecule has 3 amide bonds. The summed E-state index contributed by atoms with van der Waals surface area (Å²) in [5.41, 5.74) is 2.04. The van der Waals surface area contributed by atoms with Crippen LogP contribution in [0.3, 0.4) is 0 Å². The standard InChI is InChI=1S/C26H25N3O6S/c1-18-7-9-19(10-8-18)16-28(25(31)17-35-21-5-3-2-4-6-21)23-15-24(30)29(26(23)32)20-11-13-22(14-12-20)36(27,33)34/h2-14,23H,15-17H2,1H3,(H2,27,33,34). The van der Waals surface area contributed by atoms with E-state index in [0.717, 1.165) is 16.0 Å². The first-order valence-corrected chi connectivity index (χ1v) is 12.7. The van der Waals surface area contributed by atoms with Crippen LogP contribution in [0.15, 0.2) is 83.8 Å². The Bertz CT molecular complexity index is 1370. The van der Waals surface area contributed by atoms with E-state index in [2.05, 4.69) is 0 Å². The van der Waals surface area contributed by atoms with Crippen LogP contribution >= 0.6 is 0 Å². The largest absolute Gasteiger partial charge is 0.484 e. The van der Waals surface area contributed by atoms with Gasteiger partial charge in [-0.1, -0.05) is 48.0 Å². The lowest BCUT2D eigenvalue weighted by molar-refractivity contribution is -0.140. The lowest BCUT2D eigenvalue weighted by Crippen LogP contribution is -2.46. The minimum atomic E-state index is -3.93. The third-order valence-electron chi connectivity index (χ3n) is 5.82. The van der Waals surface area contributed by atoms with Gasteiger partial charge in [0, 0.05) is 6.54 Å². The van der Waals surface area contributed by atoms with Crippen molar-refractivity contribution in [2.75, 3.05) is 11.5 Å². The maximum atomic E-state index is 13.4. The molecular formula is C26H25N3O6S. The molecule has 3 aromatic carbocycles. The van der Waals surface area contributed by atoms with Crippen molar-refractivity contribution in [3.63, 3.8) is 0 Å². The molecule has 1 atom stereocenters. The van der Waals surface area contributed by atoms with Crippen molar-refractivity contribution in [3.05, 3.63) is 90.0 Å². The zero-order valence-electron chi connectivity index (χ0n) is 19.5. The number of benzene rings is 3. The summed E-state index contributed by atoms with van der Waals surface area (Å²) < 4.78 is 28.7. The number of para-hydroxylation sites is 1. The van der Waals surface area contributed by atoms with E-state index in [0.29, 0.717) is 5.75 Å². The average Bonchev–Trinajstić information content (AvgIpc) is 3.15. The van der Waals surface area contributed by atoms with Gasteiger partial charge in [-0.3, -0.25) is 14.4 Å². The molecule has 9 nitrogen and oxygen atoms in total. The first kappa shape index (κ1) is 25.1. The van der Waals surface area contributed by atoms with E-state index in [9.17, 15) is 22.8 Å². The zero-order valence-corrected chi connectivity index (χ0v) is 20.4. The highest BCUT2D eigenvalue weighted by atomic mass is 32.2. The quantitative estimate of drug-likeness (QED) is 0.467. The molecule has 3 aromatic rings. The molecule has 1 fully saturated rings. The zero-order chi connectivity index (χ0) is 25.9. The molecule has 1 aliphatic rings. The van der Waals surface area contributed by atoms with Gasteiger partial charge in [0.15, 0.2) is 6.61 Å². The molecule has 186 valence electrons. The van der Waals surface area contributed by atoms with E-state index in [4.69, 9.17) is 9.88 Å². The molecule has 0 radical (unpaired) electrons. The van der Waals surface area contributed by atoms with Gasteiger partial charge < -0.3 is 9.64 Å². The summed E-state index contributed by atoms with van der Waals surface area (Å²) in [5.74, 6) is -1.02. The molecule has 0 saturated carbocycles. The Kier molecular flexibility index (Phi) is 7.18. The number of aryl methyl sites for hydroxylation is 1. The molecule has 36 heavy (non-hydrogen) atoms. The summed E-state index contributed by atoms with van der Waals surface area (Å²) in [6.07, 6.45) is -0.210. The molecule has 0 aliphatic carbocycles. The summed E-state index contributed by atoms with van der Waals surface area (Å²) in [6.45, 7) is 1.74. The summed E-state index contributed by atoms with van der Waals surface area (Å²) >= 11 is 0. The van der Waals surface area contributed by atoms with Crippen LogP contribution in [0.25, 0.3) is 0 Å². The number of nitrogens with two attached hydrogens (primary N) is 1. The van der Waals surface area contributed by atoms with Gasteiger partial charge in [-0.2, -0.15) is 0 Å². The van der Waals surface area contributed by atoms with E-state index in [1.165, 1.54) is 29.2 Å². The number of nitrogens with zero attached hydrogens (tertiary/aromatic N) is 2. The molecule has 10 heteroatoms. The Balaban J connectivity index is 1.59. The number of rotatable bonds is 8. The third-order valence-corrected chi connectivity index (χ3v) is 6.75. The van der Waals surface area contributed by atoms with E-state index in [-0.39, 0.29) is 30.2 Å². The van der Waals surface area contributed by atoms with Gasteiger partial charge >= 0.3 is 0 Å². The molecule has 1 unspecified atom stereocenters. The van der Waals surface area contributed by atoms with Crippen molar-refractivity contribution in [2.45, 2.75) is 30.8 Å². The number of ether oxygens (including phenoxy) is 1. The monoisotopic (exact) mass is 507 g/mol. The highest BCUT2D eigenvalue weighted by molar-refractivity contribution is 7.89. The van der Waals surface area contributed by atoms with Crippen molar-refractivity contribution in [2.24, 2.45) is 5.14 Å². The van der Waals surface area contributed by atoms with Crippen LogP contribution in [-0.4, -0.2) is 43.7 Å². The van der Waals surface area contributed by atoms with Crippen molar-refractivity contribution < 1.29 is 27.5 Å². The van der Waals surface area contributed by atoms with Crippen molar-refractivity contribution in [1.29, 1.82) is 0 Å². The van der Waals surface area contributed by atoms with Gasteiger partial charge in [-0.25, -0.2) is 18.5 Å². The average molecular weight is 508 g/mol. The fraction of sp³-hybridized carbons (Fsp3) is 0.192. The molecule has 0 spiro atoms. The Hall–Kier alpha value is -4.02. The van der Waals surface area contributed by atoms with Gasteiger partial charge in [-0.15, -0.1) is 0 Å². The summed E-state index contributed by atoms with van der Waals surface area (Å²) in [5, 5.41) is 5.13. The molecule has 1 heterocycles. The Morgan fingerprint density at radius 3 is 2.25 bits per heavy atom. The summed E-state index contributed by atoms with van der Waals surface area (Å²) in [6, 6.07) is 20.4. The second-order valence-corrected chi connectivity index (χ2v) is 10.00. The maximum absolute atomic E-state index is 13.4. The highest BCUT2D eigenvalue weighted by Crippen LogP contribution is 2.28. The van der Waals surface area contributed by atoms with Crippen LogP contribution in [0, 0.1) is 6.92 Å². The predicted molar refractivity (Wildman–Crippen MR) is 132 cm³/mol. The smallest absolute Gasteiger partial charge is 0.261 e. The number of amides is 3. The number of sulfonamides is 1. The van der Waals surface area contributed by atoms with Gasteiger partial charge in [-0.05, 0) is 48.9 Å². The lowest BCUT2D eigenvalue weighted by Gasteiger charge is -2.28. The van der Waals surface area contributed by atoms with E-state index in [1.54, 1.807) is 24.3 Å². The SMILES string of the molecule is Cc1ccc(CN(C(=O)COc2ccccc2)C2CC(=O)N(c3ccc(S(N)(=O)=O)cc3)C2=O)cc1. The second kappa shape index (κ2) is 10.3. The molecule has 0 bridgehead atoms. The molecule has 1 aliphatic heterocycles. The van der Waals surface area contributed by atoms with Crippen LogP contribution in [-0.2, 0) is 31.0 Å². The number of carbonyl (C=O) groups excluding carboxylic acids is 3. The normalized spacial score (nSPS) is 15.7. The van der Waals surface area contributed by atoms with Crippen LogP contribution in [0.4, 0.5) is 5.69 Å². The number of hydrogen-bond donors (Lipinski definition) is 1. The van der Waals surface area contributed by atoms with Crippen LogP contribution in [0.1, 0.15) is 17.5 Å². The molecule has 4 rings (SSSR count). The van der Waals surface area contributed by atoms with Crippen molar-refractivity contribution >= 4 is 33.4 Å². The second-order valence-electron chi connectivity index (χ2n) is 8.44. The van der Waals surface area contributed by atoms with Gasteiger partial charge in [0.25, 0.3) is 11.8 Å². The number of primary sulfonamides is 1. The molecular weight excluding hydrogens is 482 g/mol. The van der Waals surface area contributed by atoms with E-state index < -0.39 is 33.8 Å². The summed E-state index contributed by atoms with van der Waals surface area (Å²) in [4.78, 5) is 41.7. The Labute approximate surface area is 209 Å². The third kappa shape index (κ3) is 5.61. The molecule has 1 saturated heterocycles. The van der Waals surface area contributed by atoms with Crippen molar-refractivity contribution in [3.8, 4) is 5.75 Å². The van der Waals surface area contributed by atoms with Crippen molar-refractivity contribution in [1.82, 2.24) is 4.90 Å². The van der Waals surface area contributed by atoms with Gasteiger partial charge in [0.1, 0.15) is 11.8 Å². The first-order chi connectivity index (χ1) is 17.1. The fourth-order valence-corrected chi connectivity index (χ4v) is 4.44. The molecule has 0 aromatic heterocycles. The predicted octanol–water partition coefficient (Wildman–Crippen LogP) is 2.38. The van der Waals surface area contributed by atoms with Crippen LogP contribution in [0.2, 0.25) is 0 Å². The highest BCUT2D eigenvalue weighted by Gasteiger charge is 2.44. The molecule has 2 N–H and O–H groups in total. The van der Waals surface area contributed by atoms with E-state index in [1.807, 2.05) is 37.3 Å². The maximum Gasteiger partial charge on any atom is 0.261 e. The topological polar surface area (TPSA) is 127 Å².